The van der Waals surface area contributed by atoms with E-state index in [4.69, 9.17) is 11.6 Å². The lowest BCUT2D eigenvalue weighted by Gasteiger charge is -2.06. The monoisotopic (exact) mass is 309 g/mol. The summed E-state index contributed by atoms with van der Waals surface area (Å²) in [6.07, 6.45) is 0. The van der Waals surface area contributed by atoms with Gasteiger partial charge in [-0.15, -0.1) is 0 Å². The first-order chi connectivity index (χ1) is 9.58. The Labute approximate surface area is 124 Å². The predicted octanol–water partition coefficient (Wildman–Crippen LogP) is 2.90. The maximum atomic E-state index is 12.1. The van der Waals surface area contributed by atoms with Crippen molar-refractivity contribution in [3.05, 3.63) is 65.2 Å². The highest BCUT2D eigenvalue weighted by molar-refractivity contribution is 7.91. The van der Waals surface area contributed by atoms with E-state index in [1.807, 2.05) is 30.3 Å². The number of nitrogens with one attached hydrogen (secondary N) is 1. The molecule has 0 unspecified atom stereocenters. The molecule has 2 aromatic carbocycles. The van der Waals surface area contributed by atoms with Crippen molar-refractivity contribution in [2.75, 3.05) is 12.3 Å². The van der Waals surface area contributed by atoms with Crippen LogP contribution in [0.5, 0.6) is 0 Å². The first kappa shape index (κ1) is 15.0. The zero-order valence-corrected chi connectivity index (χ0v) is 12.5. The van der Waals surface area contributed by atoms with Gasteiger partial charge in [0.05, 0.1) is 10.6 Å². The normalized spacial score (nSPS) is 11.4. The molecular formula is C15H16ClNO2S. The van der Waals surface area contributed by atoms with E-state index >= 15 is 0 Å². The summed E-state index contributed by atoms with van der Waals surface area (Å²) >= 11 is 5.75. The van der Waals surface area contributed by atoms with Crippen LogP contribution in [-0.4, -0.2) is 20.7 Å². The number of sulfone groups is 1. The van der Waals surface area contributed by atoms with E-state index in [0.29, 0.717) is 23.0 Å². The number of halogens is 1. The molecule has 0 aliphatic heterocycles. The summed E-state index contributed by atoms with van der Waals surface area (Å²) in [5.41, 5.74) is 1.14. The molecule has 0 bridgehead atoms. The van der Waals surface area contributed by atoms with Crippen LogP contribution in [0.15, 0.2) is 59.5 Å². The van der Waals surface area contributed by atoms with Crippen LogP contribution in [0, 0.1) is 0 Å². The van der Waals surface area contributed by atoms with Gasteiger partial charge in [0.15, 0.2) is 9.84 Å². The fraction of sp³-hybridized carbons (Fsp3) is 0.200. The van der Waals surface area contributed by atoms with Gasteiger partial charge in [0.1, 0.15) is 0 Å². The molecule has 0 radical (unpaired) electrons. The minimum Gasteiger partial charge on any atom is -0.312 e. The summed E-state index contributed by atoms with van der Waals surface area (Å²) < 4.78 is 24.1. The molecule has 0 aromatic heterocycles. The molecule has 0 aliphatic rings. The van der Waals surface area contributed by atoms with Crippen molar-refractivity contribution in [1.29, 1.82) is 0 Å². The molecule has 0 amide bonds. The van der Waals surface area contributed by atoms with Crippen molar-refractivity contribution in [2.45, 2.75) is 11.4 Å². The highest BCUT2D eigenvalue weighted by atomic mass is 35.5. The quantitative estimate of drug-likeness (QED) is 0.835. The molecular weight excluding hydrogens is 294 g/mol. The van der Waals surface area contributed by atoms with Gasteiger partial charge in [0.25, 0.3) is 0 Å². The summed E-state index contributed by atoms with van der Waals surface area (Å²) in [5.74, 6) is 0.0709. The second kappa shape index (κ2) is 6.88. The summed E-state index contributed by atoms with van der Waals surface area (Å²) in [6.45, 7) is 1.08. The molecule has 0 aliphatic carbocycles. The van der Waals surface area contributed by atoms with Crippen molar-refractivity contribution in [3.63, 3.8) is 0 Å². The lowest BCUT2D eigenvalue weighted by atomic mass is 10.2. The summed E-state index contributed by atoms with van der Waals surface area (Å²) in [7, 11) is -3.25. The fourth-order valence-electron chi connectivity index (χ4n) is 1.79. The summed E-state index contributed by atoms with van der Waals surface area (Å²) in [5, 5.41) is 3.67. The third kappa shape index (κ3) is 4.34. The summed E-state index contributed by atoms with van der Waals surface area (Å²) in [4.78, 5) is 0.309. The molecule has 20 heavy (non-hydrogen) atoms. The molecule has 0 heterocycles. The van der Waals surface area contributed by atoms with Gasteiger partial charge in [-0.1, -0.05) is 41.9 Å². The maximum Gasteiger partial charge on any atom is 0.179 e. The Bertz CT molecular complexity index is 639. The van der Waals surface area contributed by atoms with E-state index in [2.05, 4.69) is 5.32 Å². The van der Waals surface area contributed by atoms with Crippen LogP contribution in [0.3, 0.4) is 0 Å². The molecule has 5 heteroatoms. The Balaban J connectivity index is 1.85. The summed E-state index contributed by atoms with van der Waals surface area (Å²) in [6, 6.07) is 16.1. The number of hydrogen-bond acceptors (Lipinski definition) is 3. The topological polar surface area (TPSA) is 46.2 Å². The van der Waals surface area contributed by atoms with Crippen molar-refractivity contribution >= 4 is 21.4 Å². The average molecular weight is 310 g/mol. The zero-order chi connectivity index (χ0) is 14.4. The first-order valence-corrected chi connectivity index (χ1v) is 8.34. The second-order valence-electron chi connectivity index (χ2n) is 4.44. The van der Waals surface area contributed by atoms with Crippen LogP contribution in [-0.2, 0) is 16.4 Å². The maximum absolute atomic E-state index is 12.1. The lowest BCUT2D eigenvalue weighted by Crippen LogP contribution is -2.22. The van der Waals surface area contributed by atoms with Gasteiger partial charge in [-0.05, 0) is 29.8 Å². The Morgan fingerprint density at radius 3 is 2.25 bits per heavy atom. The van der Waals surface area contributed by atoms with Crippen molar-refractivity contribution in [2.24, 2.45) is 0 Å². The predicted molar refractivity (Wildman–Crippen MR) is 81.7 cm³/mol. The van der Waals surface area contributed by atoms with E-state index in [1.165, 1.54) is 12.1 Å². The Hall–Kier alpha value is -1.36. The molecule has 0 fully saturated rings. The zero-order valence-electron chi connectivity index (χ0n) is 10.9. The first-order valence-electron chi connectivity index (χ1n) is 6.31. The second-order valence-corrected chi connectivity index (χ2v) is 6.98. The van der Waals surface area contributed by atoms with E-state index in [-0.39, 0.29) is 5.75 Å². The minimum absolute atomic E-state index is 0.0709. The lowest BCUT2D eigenvalue weighted by molar-refractivity contribution is 0.590. The molecule has 1 N–H and O–H groups in total. The van der Waals surface area contributed by atoms with E-state index in [1.54, 1.807) is 12.1 Å². The third-order valence-electron chi connectivity index (χ3n) is 2.89. The van der Waals surface area contributed by atoms with Gasteiger partial charge in [-0.2, -0.15) is 0 Å². The van der Waals surface area contributed by atoms with E-state index in [9.17, 15) is 8.42 Å². The Kier molecular flexibility index (Phi) is 5.17. The van der Waals surface area contributed by atoms with Crippen LogP contribution in [0.25, 0.3) is 0 Å². The largest absolute Gasteiger partial charge is 0.312 e. The Morgan fingerprint density at radius 1 is 0.950 bits per heavy atom. The number of benzene rings is 2. The minimum atomic E-state index is -3.25. The average Bonchev–Trinajstić information content (AvgIpc) is 2.45. The molecule has 2 aromatic rings. The van der Waals surface area contributed by atoms with Gasteiger partial charge >= 0.3 is 0 Å². The highest BCUT2D eigenvalue weighted by Gasteiger charge is 2.13. The standard InChI is InChI=1S/C15H16ClNO2S/c16-14-6-8-15(9-7-14)20(18,19)11-10-17-12-13-4-2-1-3-5-13/h1-9,17H,10-12H2. The van der Waals surface area contributed by atoms with Crippen LogP contribution in [0.1, 0.15) is 5.56 Å². The van der Waals surface area contributed by atoms with Crippen molar-refractivity contribution in [3.8, 4) is 0 Å². The fourth-order valence-corrected chi connectivity index (χ4v) is 3.12. The molecule has 0 atom stereocenters. The molecule has 3 nitrogen and oxygen atoms in total. The van der Waals surface area contributed by atoms with Gasteiger partial charge in [-0.3, -0.25) is 0 Å². The smallest absolute Gasteiger partial charge is 0.179 e. The molecule has 106 valence electrons. The third-order valence-corrected chi connectivity index (χ3v) is 4.88. The van der Waals surface area contributed by atoms with Crippen LogP contribution < -0.4 is 5.32 Å². The van der Waals surface area contributed by atoms with E-state index < -0.39 is 9.84 Å². The SMILES string of the molecule is O=S(=O)(CCNCc1ccccc1)c1ccc(Cl)cc1. The van der Waals surface area contributed by atoms with Gasteiger partial charge in [0, 0.05) is 18.1 Å². The highest BCUT2D eigenvalue weighted by Crippen LogP contribution is 2.15. The van der Waals surface area contributed by atoms with Crippen LogP contribution in [0.2, 0.25) is 5.02 Å². The van der Waals surface area contributed by atoms with Crippen LogP contribution >= 0.6 is 11.6 Å². The molecule has 0 saturated heterocycles. The Morgan fingerprint density at radius 2 is 1.60 bits per heavy atom. The number of rotatable bonds is 6. The molecule has 0 saturated carbocycles. The van der Waals surface area contributed by atoms with Gasteiger partial charge in [-0.25, -0.2) is 8.42 Å². The number of hydrogen-bond donors (Lipinski definition) is 1. The van der Waals surface area contributed by atoms with E-state index in [0.717, 1.165) is 5.56 Å². The van der Waals surface area contributed by atoms with Crippen molar-refractivity contribution < 1.29 is 8.42 Å². The van der Waals surface area contributed by atoms with Crippen molar-refractivity contribution in [1.82, 2.24) is 5.32 Å². The van der Waals surface area contributed by atoms with Gasteiger partial charge < -0.3 is 5.32 Å². The molecule has 0 spiro atoms. The van der Waals surface area contributed by atoms with Crippen LogP contribution in [0.4, 0.5) is 0 Å². The van der Waals surface area contributed by atoms with Gasteiger partial charge in [0.2, 0.25) is 0 Å². The molecule has 2 rings (SSSR count).